The molecule has 0 unspecified atom stereocenters. The highest BCUT2D eigenvalue weighted by Crippen LogP contribution is 2.40. The molecule has 0 saturated heterocycles. The van der Waals surface area contributed by atoms with E-state index in [1.165, 1.54) is 0 Å². The summed E-state index contributed by atoms with van der Waals surface area (Å²) < 4.78 is 10.3. The molecule has 0 fully saturated rings. The average molecular weight is 210 g/mol. The number of hydrogen-bond donors (Lipinski definition) is 1. The summed E-state index contributed by atoms with van der Waals surface area (Å²) in [5, 5.41) is 9.91. The summed E-state index contributed by atoms with van der Waals surface area (Å²) in [5.74, 6) is 1.45. The quantitative estimate of drug-likeness (QED) is 0.815. The molecule has 0 aliphatic rings. The van der Waals surface area contributed by atoms with Crippen molar-refractivity contribution in [3.05, 3.63) is 17.7 Å². The molecule has 0 saturated carbocycles. The van der Waals surface area contributed by atoms with Gasteiger partial charge in [-0.15, -0.1) is 0 Å². The van der Waals surface area contributed by atoms with Crippen LogP contribution >= 0.6 is 0 Å². The van der Waals surface area contributed by atoms with Crippen molar-refractivity contribution in [1.82, 2.24) is 0 Å². The molecule has 84 valence electrons. The molecule has 0 aliphatic carbocycles. The maximum atomic E-state index is 9.91. The third-order valence-electron chi connectivity index (χ3n) is 2.26. The van der Waals surface area contributed by atoms with Gasteiger partial charge in [-0.1, -0.05) is 20.8 Å². The number of phenols is 1. The van der Waals surface area contributed by atoms with E-state index in [-0.39, 0.29) is 11.2 Å². The SMILES string of the molecule is COc1cc(O)c(C(C)(C)C)c(OC)c1. The molecular weight excluding hydrogens is 192 g/mol. The summed E-state index contributed by atoms with van der Waals surface area (Å²) in [6, 6.07) is 3.38. The van der Waals surface area contributed by atoms with Crippen LogP contribution in [-0.4, -0.2) is 19.3 Å². The van der Waals surface area contributed by atoms with Gasteiger partial charge in [0, 0.05) is 17.7 Å². The van der Waals surface area contributed by atoms with Crippen LogP contribution in [0.25, 0.3) is 0 Å². The maximum Gasteiger partial charge on any atom is 0.129 e. The first-order chi connectivity index (χ1) is 6.90. The molecule has 1 rings (SSSR count). The van der Waals surface area contributed by atoms with E-state index in [4.69, 9.17) is 9.47 Å². The van der Waals surface area contributed by atoms with Gasteiger partial charge in [0.05, 0.1) is 14.2 Å². The molecule has 0 bridgehead atoms. The van der Waals surface area contributed by atoms with Gasteiger partial charge in [-0.2, -0.15) is 0 Å². The number of methoxy groups -OCH3 is 2. The molecule has 0 aliphatic heterocycles. The smallest absolute Gasteiger partial charge is 0.129 e. The van der Waals surface area contributed by atoms with Crippen LogP contribution < -0.4 is 9.47 Å². The highest BCUT2D eigenvalue weighted by atomic mass is 16.5. The Morgan fingerprint density at radius 2 is 1.67 bits per heavy atom. The molecule has 0 aromatic heterocycles. The van der Waals surface area contributed by atoms with Gasteiger partial charge < -0.3 is 14.6 Å². The molecule has 0 heterocycles. The molecule has 3 heteroatoms. The van der Waals surface area contributed by atoms with Gasteiger partial charge in [0.25, 0.3) is 0 Å². The fourth-order valence-electron chi connectivity index (χ4n) is 1.61. The zero-order valence-electron chi connectivity index (χ0n) is 9.92. The minimum Gasteiger partial charge on any atom is -0.507 e. The van der Waals surface area contributed by atoms with Crippen LogP contribution in [-0.2, 0) is 5.41 Å². The van der Waals surface area contributed by atoms with E-state index in [1.54, 1.807) is 26.4 Å². The van der Waals surface area contributed by atoms with Crippen molar-refractivity contribution in [2.75, 3.05) is 14.2 Å². The molecule has 0 spiro atoms. The summed E-state index contributed by atoms with van der Waals surface area (Å²) in [6.07, 6.45) is 0. The van der Waals surface area contributed by atoms with Gasteiger partial charge in [-0.3, -0.25) is 0 Å². The minimum atomic E-state index is -0.165. The van der Waals surface area contributed by atoms with Gasteiger partial charge >= 0.3 is 0 Å². The Bertz CT molecular complexity index is 351. The molecule has 1 aromatic carbocycles. The van der Waals surface area contributed by atoms with Gasteiger partial charge in [-0.05, 0) is 5.41 Å². The van der Waals surface area contributed by atoms with E-state index in [1.807, 2.05) is 20.8 Å². The monoisotopic (exact) mass is 210 g/mol. The normalized spacial score (nSPS) is 11.3. The first-order valence-electron chi connectivity index (χ1n) is 4.85. The Balaban J connectivity index is 3.38. The minimum absolute atomic E-state index is 0.165. The number of hydrogen-bond acceptors (Lipinski definition) is 3. The fraction of sp³-hybridized carbons (Fsp3) is 0.500. The van der Waals surface area contributed by atoms with Crippen LogP contribution in [0.5, 0.6) is 17.2 Å². The third-order valence-corrected chi connectivity index (χ3v) is 2.26. The summed E-state index contributed by atoms with van der Waals surface area (Å²) in [7, 11) is 3.15. The standard InChI is InChI=1S/C12H18O3/c1-12(2,3)11-9(13)6-8(14-4)7-10(11)15-5/h6-7,13H,1-5H3. The second-order valence-corrected chi connectivity index (χ2v) is 4.47. The van der Waals surface area contributed by atoms with Crippen molar-refractivity contribution in [2.24, 2.45) is 0 Å². The average Bonchev–Trinajstić information content (AvgIpc) is 2.14. The first-order valence-corrected chi connectivity index (χ1v) is 4.85. The zero-order valence-corrected chi connectivity index (χ0v) is 9.92. The predicted molar refractivity (Wildman–Crippen MR) is 59.9 cm³/mol. The van der Waals surface area contributed by atoms with Crippen LogP contribution in [0.3, 0.4) is 0 Å². The number of phenolic OH excluding ortho intramolecular Hbond substituents is 1. The van der Waals surface area contributed by atoms with Crippen LogP contribution in [0.2, 0.25) is 0 Å². The third kappa shape index (κ3) is 2.35. The number of aromatic hydroxyl groups is 1. The summed E-state index contributed by atoms with van der Waals surface area (Å²) in [4.78, 5) is 0. The number of rotatable bonds is 2. The second-order valence-electron chi connectivity index (χ2n) is 4.47. The second kappa shape index (κ2) is 4.01. The lowest BCUT2D eigenvalue weighted by Crippen LogP contribution is -2.13. The summed E-state index contributed by atoms with van der Waals surface area (Å²) in [5.41, 5.74) is 0.632. The Hall–Kier alpha value is -1.38. The van der Waals surface area contributed by atoms with Crippen LogP contribution in [0.15, 0.2) is 12.1 Å². The Morgan fingerprint density at radius 3 is 2.07 bits per heavy atom. The van der Waals surface area contributed by atoms with Crippen LogP contribution in [0, 0.1) is 0 Å². The predicted octanol–water partition coefficient (Wildman–Crippen LogP) is 2.71. The molecule has 0 atom stereocenters. The van der Waals surface area contributed by atoms with Crippen molar-refractivity contribution >= 4 is 0 Å². The largest absolute Gasteiger partial charge is 0.507 e. The molecule has 1 N–H and O–H groups in total. The summed E-state index contributed by atoms with van der Waals surface area (Å²) >= 11 is 0. The van der Waals surface area contributed by atoms with E-state index >= 15 is 0 Å². The molecule has 1 aromatic rings. The molecular formula is C12H18O3. The molecule has 0 amide bonds. The molecule has 3 nitrogen and oxygen atoms in total. The molecule has 15 heavy (non-hydrogen) atoms. The van der Waals surface area contributed by atoms with Crippen LogP contribution in [0.1, 0.15) is 26.3 Å². The summed E-state index contributed by atoms with van der Waals surface area (Å²) in [6.45, 7) is 6.07. The lowest BCUT2D eigenvalue weighted by atomic mass is 9.85. The van der Waals surface area contributed by atoms with E-state index in [2.05, 4.69) is 0 Å². The van der Waals surface area contributed by atoms with Crippen molar-refractivity contribution in [3.8, 4) is 17.2 Å². The van der Waals surface area contributed by atoms with E-state index in [9.17, 15) is 5.11 Å². The first kappa shape index (κ1) is 11.7. The van der Waals surface area contributed by atoms with E-state index in [0.29, 0.717) is 11.5 Å². The zero-order chi connectivity index (χ0) is 11.6. The van der Waals surface area contributed by atoms with Crippen molar-refractivity contribution in [1.29, 1.82) is 0 Å². The van der Waals surface area contributed by atoms with E-state index < -0.39 is 0 Å². The fourth-order valence-corrected chi connectivity index (χ4v) is 1.61. The highest BCUT2D eigenvalue weighted by molar-refractivity contribution is 5.53. The lowest BCUT2D eigenvalue weighted by molar-refractivity contribution is 0.366. The van der Waals surface area contributed by atoms with Gasteiger partial charge in [0.15, 0.2) is 0 Å². The lowest BCUT2D eigenvalue weighted by Gasteiger charge is -2.23. The number of ether oxygens (including phenoxy) is 2. The van der Waals surface area contributed by atoms with Crippen molar-refractivity contribution in [2.45, 2.75) is 26.2 Å². The van der Waals surface area contributed by atoms with Crippen molar-refractivity contribution < 1.29 is 14.6 Å². The van der Waals surface area contributed by atoms with Gasteiger partial charge in [0.1, 0.15) is 17.2 Å². The Kier molecular flexibility index (Phi) is 3.12. The van der Waals surface area contributed by atoms with Gasteiger partial charge in [0.2, 0.25) is 0 Å². The van der Waals surface area contributed by atoms with Crippen molar-refractivity contribution in [3.63, 3.8) is 0 Å². The highest BCUT2D eigenvalue weighted by Gasteiger charge is 2.23. The number of benzene rings is 1. The Labute approximate surface area is 90.6 Å². The van der Waals surface area contributed by atoms with Crippen LogP contribution in [0.4, 0.5) is 0 Å². The van der Waals surface area contributed by atoms with Gasteiger partial charge in [-0.25, -0.2) is 0 Å². The Morgan fingerprint density at radius 1 is 1.07 bits per heavy atom. The topological polar surface area (TPSA) is 38.7 Å². The van der Waals surface area contributed by atoms with E-state index in [0.717, 1.165) is 5.56 Å². The maximum absolute atomic E-state index is 9.91. The molecule has 0 radical (unpaired) electrons.